The molecule has 1 N–H and O–H groups in total. The van der Waals surface area contributed by atoms with Crippen molar-refractivity contribution < 1.29 is 4.74 Å². The molecule has 4 unspecified atom stereocenters. The summed E-state index contributed by atoms with van der Waals surface area (Å²) in [5, 5.41) is 3.90. The fourth-order valence-corrected chi connectivity index (χ4v) is 3.61. The van der Waals surface area contributed by atoms with Gasteiger partial charge in [-0.05, 0) is 30.2 Å². The van der Waals surface area contributed by atoms with Crippen molar-refractivity contribution in [2.45, 2.75) is 51.3 Å². The quantitative estimate of drug-likeness (QED) is 0.877. The van der Waals surface area contributed by atoms with Gasteiger partial charge in [0.25, 0.3) is 0 Å². The second-order valence-electron chi connectivity index (χ2n) is 6.40. The molecular formula is C17H25NO. The molecule has 1 aromatic rings. The van der Waals surface area contributed by atoms with Gasteiger partial charge in [0.2, 0.25) is 0 Å². The van der Waals surface area contributed by atoms with Crippen LogP contribution in [0.4, 0.5) is 0 Å². The fourth-order valence-electron chi connectivity index (χ4n) is 3.61. The Bertz CT molecular complexity index is 403. The summed E-state index contributed by atoms with van der Waals surface area (Å²) in [6, 6.07) is 11.8. The number of hydrogen-bond donors (Lipinski definition) is 1. The molecule has 4 atom stereocenters. The van der Waals surface area contributed by atoms with Crippen LogP contribution in [0.2, 0.25) is 0 Å². The first-order valence-corrected chi connectivity index (χ1v) is 7.68. The summed E-state index contributed by atoms with van der Waals surface area (Å²) in [6.45, 7) is 5.51. The molecule has 1 saturated heterocycles. The van der Waals surface area contributed by atoms with Crippen LogP contribution in [-0.2, 0) is 4.74 Å². The molecule has 1 heterocycles. The molecule has 1 saturated carbocycles. The van der Waals surface area contributed by atoms with E-state index >= 15 is 0 Å². The predicted octanol–water partition coefficient (Wildman–Crippen LogP) is 3.54. The molecule has 2 aliphatic rings. The van der Waals surface area contributed by atoms with E-state index in [0.29, 0.717) is 18.0 Å². The smallest absolute Gasteiger partial charge is 0.0980 e. The Morgan fingerprint density at radius 2 is 1.95 bits per heavy atom. The third-order valence-corrected chi connectivity index (χ3v) is 4.73. The summed E-state index contributed by atoms with van der Waals surface area (Å²) < 4.78 is 6.31. The molecule has 2 nitrogen and oxygen atoms in total. The minimum atomic E-state index is 0.201. The highest BCUT2D eigenvalue weighted by atomic mass is 16.5. The normalized spacial score (nSPS) is 35.1. The average Bonchev–Trinajstić information content (AvgIpc) is 2.78. The zero-order chi connectivity index (χ0) is 13.2. The highest BCUT2D eigenvalue weighted by Gasteiger charge is 2.37. The van der Waals surface area contributed by atoms with E-state index in [2.05, 4.69) is 49.5 Å². The van der Waals surface area contributed by atoms with Crippen LogP contribution in [0.15, 0.2) is 30.3 Å². The van der Waals surface area contributed by atoms with Crippen LogP contribution >= 0.6 is 0 Å². The van der Waals surface area contributed by atoms with E-state index in [4.69, 9.17) is 4.74 Å². The molecule has 0 radical (unpaired) electrons. The highest BCUT2D eigenvalue weighted by Crippen LogP contribution is 2.35. The van der Waals surface area contributed by atoms with Gasteiger partial charge in [-0.25, -0.2) is 0 Å². The van der Waals surface area contributed by atoms with Gasteiger partial charge >= 0.3 is 0 Å². The lowest BCUT2D eigenvalue weighted by Crippen LogP contribution is -2.44. The molecular weight excluding hydrogens is 234 g/mol. The van der Waals surface area contributed by atoms with Crippen LogP contribution in [0, 0.1) is 11.8 Å². The van der Waals surface area contributed by atoms with Crippen LogP contribution in [0.3, 0.4) is 0 Å². The topological polar surface area (TPSA) is 21.3 Å². The van der Waals surface area contributed by atoms with Gasteiger partial charge in [-0.3, -0.25) is 0 Å². The third-order valence-electron chi connectivity index (χ3n) is 4.73. The molecule has 2 heteroatoms. The minimum absolute atomic E-state index is 0.201. The fraction of sp³-hybridized carbons (Fsp3) is 0.647. The largest absolute Gasteiger partial charge is 0.372 e. The van der Waals surface area contributed by atoms with Gasteiger partial charge in [-0.15, -0.1) is 0 Å². The van der Waals surface area contributed by atoms with Crippen molar-refractivity contribution in [1.29, 1.82) is 0 Å². The maximum Gasteiger partial charge on any atom is 0.0980 e. The van der Waals surface area contributed by atoms with Crippen LogP contribution < -0.4 is 5.32 Å². The molecule has 1 aromatic carbocycles. The van der Waals surface area contributed by atoms with Crippen LogP contribution in [0.5, 0.6) is 0 Å². The number of rotatable bonds is 2. The predicted molar refractivity (Wildman–Crippen MR) is 78.0 cm³/mol. The molecule has 19 heavy (non-hydrogen) atoms. The van der Waals surface area contributed by atoms with Crippen molar-refractivity contribution in [1.82, 2.24) is 5.32 Å². The third kappa shape index (κ3) is 2.70. The number of benzene rings is 1. The summed E-state index contributed by atoms with van der Waals surface area (Å²) in [5.41, 5.74) is 1.31. The van der Waals surface area contributed by atoms with Crippen LogP contribution in [0.1, 0.15) is 44.8 Å². The molecule has 1 aliphatic heterocycles. The summed E-state index contributed by atoms with van der Waals surface area (Å²) in [5.74, 6) is 1.31. The average molecular weight is 259 g/mol. The summed E-state index contributed by atoms with van der Waals surface area (Å²) >= 11 is 0. The Morgan fingerprint density at radius 1 is 1.16 bits per heavy atom. The Hall–Kier alpha value is -0.860. The molecule has 1 aliphatic carbocycles. The van der Waals surface area contributed by atoms with Crippen molar-refractivity contribution >= 4 is 0 Å². The van der Waals surface area contributed by atoms with Crippen LogP contribution in [0.25, 0.3) is 0 Å². The summed E-state index contributed by atoms with van der Waals surface area (Å²) in [7, 11) is 0. The highest BCUT2D eigenvalue weighted by molar-refractivity contribution is 5.20. The number of fused-ring (bicyclic) bond motifs is 1. The van der Waals surface area contributed by atoms with Crippen molar-refractivity contribution in [2.24, 2.45) is 11.8 Å². The summed E-state index contributed by atoms with van der Waals surface area (Å²) in [4.78, 5) is 0. The summed E-state index contributed by atoms with van der Waals surface area (Å²) in [6.07, 6.45) is 4.20. The Kier molecular flexibility index (Phi) is 3.90. The zero-order valence-electron chi connectivity index (χ0n) is 12.0. The number of ether oxygens (including phenoxy) is 1. The first-order valence-electron chi connectivity index (χ1n) is 7.68. The van der Waals surface area contributed by atoms with Gasteiger partial charge in [0.15, 0.2) is 0 Å². The SMILES string of the molecule is CC(C)C1NC2CCCC2COC1c1ccccc1. The first-order chi connectivity index (χ1) is 9.25. The van der Waals surface area contributed by atoms with E-state index in [1.54, 1.807) is 0 Å². The first kappa shape index (κ1) is 13.1. The zero-order valence-corrected chi connectivity index (χ0v) is 12.0. The molecule has 0 amide bonds. The Labute approximate surface area is 116 Å². The van der Waals surface area contributed by atoms with Gasteiger partial charge in [-0.1, -0.05) is 50.6 Å². The van der Waals surface area contributed by atoms with E-state index in [9.17, 15) is 0 Å². The van der Waals surface area contributed by atoms with E-state index in [1.165, 1.54) is 24.8 Å². The lowest BCUT2D eigenvalue weighted by molar-refractivity contribution is 0.0177. The molecule has 3 rings (SSSR count). The Morgan fingerprint density at radius 3 is 2.68 bits per heavy atom. The minimum Gasteiger partial charge on any atom is -0.372 e. The second kappa shape index (κ2) is 5.64. The van der Waals surface area contributed by atoms with Crippen molar-refractivity contribution in [3.8, 4) is 0 Å². The number of hydrogen-bond acceptors (Lipinski definition) is 2. The second-order valence-corrected chi connectivity index (χ2v) is 6.40. The molecule has 0 bridgehead atoms. The van der Waals surface area contributed by atoms with Crippen LogP contribution in [-0.4, -0.2) is 18.7 Å². The maximum atomic E-state index is 6.31. The van der Waals surface area contributed by atoms with Crippen molar-refractivity contribution in [2.75, 3.05) is 6.61 Å². The standard InChI is InChI=1S/C17H25NO/c1-12(2)16-17(13-7-4-3-5-8-13)19-11-14-9-6-10-15(14)18-16/h3-5,7-8,12,14-18H,6,9-11H2,1-2H3. The molecule has 0 spiro atoms. The van der Waals surface area contributed by atoms with Gasteiger partial charge < -0.3 is 10.1 Å². The maximum absolute atomic E-state index is 6.31. The van der Waals surface area contributed by atoms with E-state index in [0.717, 1.165) is 12.5 Å². The van der Waals surface area contributed by atoms with E-state index in [-0.39, 0.29) is 6.10 Å². The molecule has 104 valence electrons. The van der Waals surface area contributed by atoms with Crippen molar-refractivity contribution in [3.63, 3.8) is 0 Å². The van der Waals surface area contributed by atoms with Crippen molar-refractivity contribution in [3.05, 3.63) is 35.9 Å². The lowest BCUT2D eigenvalue weighted by Gasteiger charge is -2.31. The molecule has 0 aromatic heterocycles. The van der Waals surface area contributed by atoms with Gasteiger partial charge in [0.05, 0.1) is 12.7 Å². The van der Waals surface area contributed by atoms with Gasteiger partial charge in [0.1, 0.15) is 0 Å². The lowest BCUT2D eigenvalue weighted by atomic mass is 9.92. The monoisotopic (exact) mass is 259 g/mol. The van der Waals surface area contributed by atoms with Gasteiger partial charge in [-0.2, -0.15) is 0 Å². The number of nitrogens with one attached hydrogen (secondary N) is 1. The van der Waals surface area contributed by atoms with Gasteiger partial charge in [0, 0.05) is 12.1 Å². The van der Waals surface area contributed by atoms with E-state index < -0.39 is 0 Å². The molecule has 2 fully saturated rings. The van der Waals surface area contributed by atoms with E-state index in [1.807, 2.05) is 0 Å². The Balaban J connectivity index is 1.85.